The first kappa shape index (κ1) is 46.7. The van der Waals surface area contributed by atoms with Crippen molar-refractivity contribution in [1.82, 2.24) is 0 Å². The van der Waals surface area contributed by atoms with Gasteiger partial charge in [0.05, 0.1) is 26.4 Å². The van der Waals surface area contributed by atoms with E-state index in [1.54, 1.807) is 0 Å². The van der Waals surface area contributed by atoms with Crippen LogP contribution in [0.5, 0.6) is 0 Å². The molecule has 0 aromatic heterocycles. The molecule has 0 saturated carbocycles. The topological polar surface area (TPSA) is 132 Å². The molecule has 282 valence electrons. The van der Waals surface area contributed by atoms with Crippen molar-refractivity contribution < 1.29 is 43.0 Å². The highest BCUT2D eigenvalue weighted by Crippen LogP contribution is 2.43. The molecule has 0 aliphatic carbocycles. The maximum Gasteiger partial charge on any atom is 0.472 e. The highest BCUT2D eigenvalue weighted by atomic mass is 31.2. The molecule has 0 fully saturated rings. The van der Waals surface area contributed by atoms with Crippen LogP contribution in [0, 0.1) is 0 Å². The van der Waals surface area contributed by atoms with Gasteiger partial charge in [-0.15, -0.1) is 0 Å². The molecule has 0 aromatic carbocycles. The van der Waals surface area contributed by atoms with Gasteiger partial charge in [0.1, 0.15) is 12.2 Å². The Bertz CT molecular complexity index is 846. The maximum absolute atomic E-state index is 12.5. The molecule has 3 unspecified atom stereocenters. The monoisotopic (exact) mass is 702 g/mol. The number of unbranched alkanes of at least 4 members (excludes halogenated alkanes) is 16. The van der Waals surface area contributed by atoms with Gasteiger partial charge in [-0.3, -0.25) is 13.8 Å². The third-order valence-corrected chi connectivity index (χ3v) is 8.75. The van der Waals surface area contributed by atoms with E-state index in [-0.39, 0.29) is 19.6 Å². The Morgan fingerprint density at radius 3 is 1.75 bits per heavy atom. The van der Waals surface area contributed by atoms with Crippen LogP contribution in [0.25, 0.3) is 0 Å². The first-order valence-electron chi connectivity index (χ1n) is 19.0. The van der Waals surface area contributed by atoms with Gasteiger partial charge in [-0.25, -0.2) is 4.57 Å². The molecule has 0 aliphatic rings. The molecular formula is C38H71O9P. The number of hydrogen-bond acceptors (Lipinski definition) is 8. The number of aliphatic hydroxyl groups excluding tert-OH is 2. The number of allylic oxidation sites excluding steroid dienone is 6. The number of esters is 1. The number of phosphoric ester groups is 1. The van der Waals surface area contributed by atoms with Crippen LogP contribution >= 0.6 is 7.82 Å². The molecule has 9 nitrogen and oxygen atoms in total. The number of carbonyl (C=O) groups excluding carboxylic acids is 1. The highest BCUT2D eigenvalue weighted by molar-refractivity contribution is 7.47. The van der Waals surface area contributed by atoms with Crippen molar-refractivity contribution in [3.05, 3.63) is 36.5 Å². The zero-order valence-electron chi connectivity index (χ0n) is 30.4. The van der Waals surface area contributed by atoms with Gasteiger partial charge in [-0.2, -0.15) is 0 Å². The lowest BCUT2D eigenvalue weighted by molar-refractivity contribution is -0.154. The van der Waals surface area contributed by atoms with Crippen molar-refractivity contribution in [3.63, 3.8) is 0 Å². The van der Waals surface area contributed by atoms with Crippen molar-refractivity contribution in [3.8, 4) is 0 Å². The van der Waals surface area contributed by atoms with Crippen LogP contribution in [0.2, 0.25) is 0 Å². The van der Waals surface area contributed by atoms with Crippen LogP contribution in [0.3, 0.4) is 0 Å². The van der Waals surface area contributed by atoms with Crippen LogP contribution < -0.4 is 0 Å². The van der Waals surface area contributed by atoms with Crippen molar-refractivity contribution >= 4 is 13.8 Å². The van der Waals surface area contributed by atoms with Crippen LogP contribution in [0.4, 0.5) is 0 Å². The van der Waals surface area contributed by atoms with E-state index in [0.717, 1.165) is 70.6 Å². The molecule has 0 aliphatic heterocycles. The summed E-state index contributed by atoms with van der Waals surface area (Å²) >= 11 is 0. The summed E-state index contributed by atoms with van der Waals surface area (Å²) in [4.78, 5) is 22.5. The average molecular weight is 703 g/mol. The minimum absolute atomic E-state index is 0.0393. The fourth-order valence-electron chi connectivity index (χ4n) is 4.84. The lowest BCUT2D eigenvalue weighted by Gasteiger charge is -2.20. The van der Waals surface area contributed by atoms with Crippen molar-refractivity contribution in [1.29, 1.82) is 0 Å². The van der Waals surface area contributed by atoms with Crippen molar-refractivity contribution in [2.75, 3.05) is 33.0 Å². The summed E-state index contributed by atoms with van der Waals surface area (Å²) in [6.07, 6.45) is 35.2. The summed E-state index contributed by atoms with van der Waals surface area (Å²) in [5.41, 5.74) is 0. The van der Waals surface area contributed by atoms with Crippen LogP contribution in [0.1, 0.15) is 155 Å². The van der Waals surface area contributed by atoms with E-state index in [9.17, 15) is 19.4 Å². The molecule has 0 radical (unpaired) electrons. The summed E-state index contributed by atoms with van der Waals surface area (Å²) < 4.78 is 33.2. The van der Waals surface area contributed by atoms with Crippen molar-refractivity contribution in [2.24, 2.45) is 0 Å². The normalized spacial score (nSPS) is 14.7. The number of aliphatic hydroxyl groups is 2. The molecule has 3 N–H and O–H groups in total. The Morgan fingerprint density at radius 1 is 0.646 bits per heavy atom. The maximum atomic E-state index is 12.5. The van der Waals surface area contributed by atoms with Crippen LogP contribution in [-0.2, 0) is 27.9 Å². The zero-order valence-corrected chi connectivity index (χ0v) is 31.3. The second-order valence-corrected chi connectivity index (χ2v) is 14.0. The minimum Gasteiger partial charge on any atom is -0.457 e. The number of carbonyl (C=O) groups is 1. The standard InChI is InChI=1S/C38H71O9P/c1-3-5-7-9-11-13-15-17-18-20-22-24-26-28-30-38(41)47-37(35-46-48(42,43)45-33-36(40)32-39)34-44-31-29-27-25-23-21-19-16-14-12-10-8-6-4-2/h9,11-12,14-15,17,36-37,39-40H,3-8,10,13,16,18-35H2,1-2H3,(H,42,43)/b11-9-,14-12-,17-15-. The van der Waals surface area contributed by atoms with Gasteiger partial charge in [0.2, 0.25) is 0 Å². The second-order valence-electron chi connectivity index (χ2n) is 12.6. The predicted molar refractivity (Wildman–Crippen MR) is 196 cm³/mol. The van der Waals surface area contributed by atoms with Gasteiger partial charge in [0, 0.05) is 13.0 Å². The largest absolute Gasteiger partial charge is 0.472 e. The summed E-state index contributed by atoms with van der Waals surface area (Å²) in [6, 6.07) is 0. The quantitative estimate of drug-likeness (QED) is 0.0253. The molecule has 3 atom stereocenters. The smallest absolute Gasteiger partial charge is 0.457 e. The van der Waals surface area contributed by atoms with Crippen LogP contribution in [0.15, 0.2) is 36.5 Å². The van der Waals surface area contributed by atoms with E-state index < -0.39 is 39.2 Å². The van der Waals surface area contributed by atoms with Gasteiger partial charge in [0.25, 0.3) is 0 Å². The fraction of sp³-hybridized carbons (Fsp3) is 0.816. The van der Waals surface area contributed by atoms with Gasteiger partial charge < -0.3 is 24.6 Å². The Hall–Kier alpha value is -1.32. The third-order valence-electron chi connectivity index (χ3n) is 7.80. The SMILES string of the molecule is CCCC/C=C\C/C=C\CCCCCCCC(=O)OC(COCCCCCCCC/C=C\CCCCC)COP(=O)(O)OCC(O)CO. The molecule has 0 bridgehead atoms. The molecule has 48 heavy (non-hydrogen) atoms. The second kappa shape index (κ2) is 35.5. The first-order chi connectivity index (χ1) is 23.3. The Balaban J connectivity index is 4.28. The highest BCUT2D eigenvalue weighted by Gasteiger charge is 2.26. The van der Waals surface area contributed by atoms with Gasteiger partial charge >= 0.3 is 13.8 Å². The average Bonchev–Trinajstić information content (AvgIpc) is 3.07. The summed E-state index contributed by atoms with van der Waals surface area (Å²) in [7, 11) is -4.51. The molecule has 0 saturated heterocycles. The van der Waals surface area contributed by atoms with Crippen molar-refractivity contribution in [2.45, 2.75) is 167 Å². The third kappa shape index (κ3) is 34.5. The molecule has 0 rings (SSSR count). The molecule has 10 heteroatoms. The van der Waals surface area contributed by atoms with E-state index >= 15 is 0 Å². The number of phosphoric acid groups is 1. The fourth-order valence-corrected chi connectivity index (χ4v) is 5.62. The molecule has 0 spiro atoms. The molecular weight excluding hydrogens is 631 g/mol. The van der Waals surface area contributed by atoms with E-state index in [2.05, 4.69) is 50.3 Å². The number of ether oxygens (including phenoxy) is 2. The zero-order chi connectivity index (χ0) is 35.4. The lowest BCUT2D eigenvalue weighted by Crippen LogP contribution is -2.29. The Morgan fingerprint density at radius 2 is 1.15 bits per heavy atom. The number of rotatable bonds is 36. The lowest BCUT2D eigenvalue weighted by atomic mass is 10.1. The summed E-state index contributed by atoms with van der Waals surface area (Å²) in [6.45, 7) is 3.41. The van der Waals surface area contributed by atoms with E-state index in [0.29, 0.717) is 13.0 Å². The number of hydrogen-bond donors (Lipinski definition) is 3. The molecule has 0 aromatic rings. The molecule has 0 heterocycles. The van der Waals surface area contributed by atoms with E-state index in [1.165, 1.54) is 57.8 Å². The minimum atomic E-state index is -4.51. The first-order valence-corrected chi connectivity index (χ1v) is 20.5. The predicted octanol–water partition coefficient (Wildman–Crippen LogP) is 9.69. The van der Waals surface area contributed by atoms with E-state index in [1.807, 2.05) is 0 Å². The van der Waals surface area contributed by atoms with E-state index in [4.69, 9.17) is 23.6 Å². The van der Waals surface area contributed by atoms with Gasteiger partial charge in [-0.05, 0) is 64.2 Å². The Labute approximate surface area is 293 Å². The van der Waals surface area contributed by atoms with Gasteiger partial charge in [-0.1, -0.05) is 121 Å². The van der Waals surface area contributed by atoms with Gasteiger partial charge in [0.15, 0.2) is 0 Å². The van der Waals surface area contributed by atoms with Crippen LogP contribution in [-0.4, -0.2) is 66.3 Å². The molecule has 0 amide bonds. The Kier molecular flexibility index (Phi) is 34.5. The summed E-state index contributed by atoms with van der Waals surface area (Å²) in [5, 5.41) is 18.3. The summed E-state index contributed by atoms with van der Waals surface area (Å²) in [5.74, 6) is -0.401.